The Hall–Kier alpha value is -2.32. The van der Waals surface area contributed by atoms with E-state index in [9.17, 15) is 9.59 Å². The van der Waals surface area contributed by atoms with Crippen LogP contribution in [0.2, 0.25) is 0 Å². The third kappa shape index (κ3) is 1.98. The van der Waals surface area contributed by atoms with Crippen LogP contribution in [0, 0.1) is 0 Å². The van der Waals surface area contributed by atoms with Gasteiger partial charge >= 0.3 is 0 Å². The van der Waals surface area contributed by atoms with E-state index in [-0.39, 0.29) is 11.5 Å². The van der Waals surface area contributed by atoms with Gasteiger partial charge in [-0.2, -0.15) is 9.61 Å². The van der Waals surface area contributed by atoms with Gasteiger partial charge in [0.1, 0.15) is 10.9 Å². The Morgan fingerprint density at radius 3 is 2.91 bits per heavy atom. The SMILES string of the molecule is C=CCN1C(=O)C(=c2sc3ncnn3c2=O)c2cc(Br)ccc21. The molecular formula is C15H9BrN4O2S. The Kier molecular flexibility index (Phi) is 3.17. The maximum atomic E-state index is 12.9. The Labute approximate surface area is 142 Å². The van der Waals surface area contributed by atoms with Gasteiger partial charge in [-0.3, -0.25) is 9.59 Å². The minimum Gasteiger partial charge on any atom is -0.304 e. The number of fused-ring (bicyclic) bond motifs is 2. The molecule has 0 radical (unpaired) electrons. The monoisotopic (exact) mass is 388 g/mol. The van der Waals surface area contributed by atoms with Gasteiger partial charge in [0, 0.05) is 16.6 Å². The molecule has 2 aromatic heterocycles. The summed E-state index contributed by atoms with van der Waals surface area (Å²) in [7, 11) is 0. The predicted octanol–water partition coefficient (Wildman–Crippen LogP) is 1.36. The van der Waals surface area contributed by atoms with Crippen molar-refractivity contribution >= 4 is 49.4 Å². The van der Waals surface area contributed by atoms with Gasteiger partial charge < -0.3 is 4.90 Å². The van der Waals surface area contributed by atoms with Crippen molar-refractivity contribution in [1.29, 1.82) is 0 Å². The molecule has 4 rings (SSSR count). The molecule has 1 aliphatic heterocycles. The number of hydrogen-bond donors (Lipinski definition) is 0. The summed E-state index contributed by atoms with van der Waals surface area (Å²) in [5.74, 6) is -0.209. The summed E-state index contributed by atoms with van der Waals surface area (Å²) in [5, 5.41) is 3.90. The fourth-order valence-corrected chi connectivity index (χ4v) is 4.00. The van der Waals surface area contributed by atoms with Gasteiger partial charge in [0.2, 0.25) is 4.96 Å². The van der Waals surface area contributed by atoms with Crippen molar-refractivity contribution in [3.05, 3.63) is 62.1 Å². The first-order valence-electron chi connectivity index (χ1n) is 6.71. The molecular weight excluding hydrogens is 380 g/mol. The number of benzene rings is 1. The molecule has 0 bridgehead atoms. The van der Waals surface area contributed by atoms with Gasteiger partial charge in [-0.25, -0.2) is 4.98 Å². The minimum atomic E-state index is -0.322. The van der Waals surface area contributed by atoms with Crippen LogP contribution >= 0.6 is 27.3 Å². The maximum Gasteiger partial charge on any atom is 0.291 e. The Balaban J connectivity index is 2.12. The molecule has 1 amide bonds. The predicted molar refractivity (Wildman–Crippen MR) is 91.6 cm³/mol. The lowest BCUT2D eigenvalue weighted by atomic mass is 10.1. The first-order chi connectivity index (χ1) is 11.1. The van der Waals surface area contributed by atoms with Crippen LogP contribution in [0.4, 0.5) is 5.69 Å². The number of nitrogens with zero attached hydrogens (tertiary/aromatic N) is 4. The first-order valence-corrected chi connectivity index (χ1v) is 8.32. The second kappa shape index (κ2) is 5.10. The van der Waals surface area contributed by atoms with Crippen molar-refractivity contribution in [2.75, 3.05) is 11.4 Å². The van der Waals surface area contributed by atoms with E-state index in [0.29, 0.717) is 21.6 Å². The van der Waals surface area contributed by atoms with E-state index in [4.69, 9.17) is 0 Å². The zero-order valence-corrected chi connectivity index (χ0v) is 14.1. The number of carbonyl (C=O) groups excluding carboxylic acids is 1. The molecule has 0 unspecified atom stereocenters. The lowest BCUT2D eigenvalue weighted by Crippen LogP contribution is -2.32. The number of rotatable bonds is 2. The highest BCUT2D eigenvalue weighted by atomic mass is 79.9. The van der Waals surface area contributed by atoms with Gasteiger partial charge in [0.25, 0.3) is 11.5 Å². The van der Waals surface area contributed by atoms with Crippen LogP contribution in [0.25, 0.3) is 10.5 Å². The van der Waals surface area contributed by atoms with E-state index in [0.717, 1.165) is 15.7 Å². The quantitative estimate of drug-likeness (QED) is 0.621. The summed E-state index contributed by atoms with van der Waals surface area (Å²) in [6.45, 7) is 4.08. The Morgan fingerprint density at radius 2 is 2.17 bits per heavy atom. The molecule has 0 N–H and O–H groups in total. The topological polar surface area (TPSA) is 67.6 Å². The average Bonchev–Trinajstić information content (AvgIpc) is 3.16. The zero-order valence-electron chi connectivity index (χ0n) is 11.7. The van der Waals surface area contributed by atoms with Crippen LogP contribution < -0.4 is 15.0 Å². The van der Waals surface area contributed by atoms with E-state index in [1.165, 1.54) is 22.2 Å². The largest absolute Gasteiger partial charge is 0.304 e. The molecule has 0 spiro atoms. The van der Waals surface area contributed by atoms with Gasteiger partial charge in [0.05, 0.1) is 11.3 Å². The minimum absolute atomic E-state index is 0.209. The highest BCUT2D eigenvalue weighted by molar-refractivity contribution is 9.10. The summed E-state index contributed by atoms with van der Waals surface area (Å²) >= 11 is 4.59. The lowest BCUT2D eigenvalue weighted by molar-refractivity contribution is -0.112. The van der Waals surface area contributed by atoms with Gasteiger partial charge in [-0.15, -0.1) is 6.58 Å². The molecule has 0 saturated heterocycles. The number of carbonyl (C=O) groups is 1. The maximum absolute atomic E-state index is 12.9. The molecule has 0 fully saturated rings. The zero-order chi connectivity index (χ0) is 16.1. The molecule has 114 valence electrons. The van der Waals surface area contributed by atoms with E-state index < -0.39 is 0 Å². The van der Waals surface area contributed by atoms with Crippen molar-refractivity contribution in [2.45, 2.75) is 0 Å². The molecule has 3 heterocycles. The molecule has 8 heteroatoms. The summed E-state index contributed by atoms with van der Waals surface area (Å²) in [4.78, 5) is 31.5. The average molecular weight is 389 g/mol. The van der Waals surface area contributed by atoms with Crippen molar-refractivity contribution < 1.29 is 4.79 Å². The summed E-state index contributed by atoms with van der Waals surface area (Å²) in [6.07, 6.45) is 2.99. The summed E-state index contributed by atoms with van der Waals surface area (Å²) < 4.78 is 2.42. The summed E-state index contributed by atoms with van der Waals surface area (Å²) in [5.41, 5.74) is 1.57. The summed E-state index contributed by atoms with van der Waals surface area (Å²) in [6, 6.07) is 5.57. The van der Waals surface area contributed by atoms with Crippen molar-refractivity contribution in [1.82, 2.24) is 14.6 Å². The second-order valence-corrected chi connectivity index (χ2v) is 6.82. The Morgan fingerprint density at radius 1 is 1.35 bits per heavy atom. The fourth-order valence-electron chi connectivity index (χ4n) is 2.66. The van der Waals surface area contributed by atoms with Crippen molar-refractivity contribution in [2.24, 2.45) is 0 Å². The van der Waals surface area contributed by atoms with Gasteiger partial charge in [-0.05, 0) is 18.2 Å². The normalized spacial score (nSPS) is 16.2. The van der Waals surface area contributed by atoms with Gasteiger partial charge in [-0.1, -0.05) is 33.3 Å². The van der Waals surface area contributed by atoms with E-state index in [2.05, 4.69) is 32.6 Å². The van der Waals surface area contributed by atoms with Crippen LogP contribution in [0.15, 0.2) is 46.4 Å². The van der Waals surface area contributed by atoms with Gasteiger partial charge in [0.15, 0.2) is 0 Å². The van der Waals surface area contributed by atoms with Crippen molar-refractivity contribution in [3.63, 3.8) is 0 Å². The van der Waals surface area contributed by atoms with Crippen LogP contribution in [0.1, 0.15) is 5.56 Å². The highest BCUT2D eigenvalue weighted by Crippen LogP contribution is 2.37. The third-order valence-corrected chi connectivity index (χ3v) is 5.15. The van der Waals surface area contributed by atoms with E-state index in [1.54, 1.807) is 11.0 Å². The number of anilines is 1. The van der Waals surface area contributed by atoms with Crippen LogP contribution in [-0.2, 0) is 4.79 Å². The highest BCUT2D eigenvalue weighted by Gasteiger charge is 2.33. The second-order valence-electron chi connectivity index (χ2n) is 4.93. The van der Waals surface area contributed by atoms with E-state index >= 15 is 0 Å². The van der Waals surface area contributed by atoms with Crippen LogP contribution in [0.5, 0.6) is 0 Å². The molecule has 1 aliphatic rings. The van der Waals surface area contributed by atoms with Crippen LogP contribution in [-0.4, -0.2) is 27.0 Å². The molecule has 3 aromatic rings. The number of halogens is 1. The molecule has 0 saturated carbocycles. The van der Waals surface area contributed by atoms with Crippen molar-refractivity contribution in [3.8, 4) is 0 Å². The molecule has 0 atom stereocenters. The third-order valence-electron chi connectivity index (χ3n) is 3.61. The number of hydrogen-bond acceptors (Lipinski definition) is 5. The van der Waals surface area contributed by atoms with Crippen LogP contribution in [0.3, 0.4) is 0 Å². The fraction of sp³-hybridized carbons (Fsp3) is 0.0667. The van der Waals surface area contributed by atoms with E-state index in [1.807, 2.05) is 18.2 Å². The lowest BCUT2D eigenvalue weighted by Gasteiger charge is -2.14. The Bertz CT molecular complexity index is 1080. The molecule has 0 aliphatic carbocycles. The number of aromatic nitrogens is 3. The molecule has 23 heavy (non-hydrogen) atoms. The molecule has 1 aromatic carbocycles. The smallest absolute Gasteiger partial charge is 0.291 e. The number of thiazole rings is 1. The standard InChI is InChI=1S/C15H9BrN4O2S/c1-2-5-19-10-4-3-8(16)6-9(10)11(13(19)21)12-14(22)20-15(23-12)17-7-18-20/h2-4,6-7H,1,5H2. The number of amides is 1. The first kappa shape index (κ1) is 14.3. The molecule has 6 nitrogen and oxygen atoms in total.